The molecule has 2 unspecified atom stereocenters. The number of halogens is 3. The molecule has 2 atom stereocenters. The van der Waals surface area contributed by atoms with Crippen LogP contribution in [-0.4, -0.2) is 13.1 Å². The zero-order valence-corrected chi connectivity index (χ0v) is 16.9. The van der Waals surface area contributed by atoms with Crippen molar-refractivity contribution >= 4 is 23.2 Å². The van der Waals surface area contributed by atoms with Crippen molar-refractivity contribution in [2.24, 2.45) is 0 Å². The average molecular weight is 402 g/mol. The Labute approximate surface area is 170 Å². The van der Waals surface area contributed by atoms with Gasteiger partial charge < -0.3 is 5.32 Å². The zero-order chi connectivity index (χ0) is 19.4. The molecule has 0 amide bonds. The van der Waals surface area contributed by atoms with Crippen LogP contribution in [0.15, 0.2) is 66.7 Å². The summed E-state index contributed by atoms with van der Waals surface area (Å²) in [5, 5.41) is 4.37. The minimum atomic E-state index is -0.207. The summed E-state index contributed by atoms with van der Waals surface area (Å²) in [5.74, 6) is -0.104. The number of rotatable bonds is 6. The van der Waals surface area contributed by atoms with Crippen LogP contribution in [0.2, 0.25) is 10.0 Å². The maximum absolute atomic E-state index is 14.9. The molecule has 0 heterocycles. The van der Waals surface area contributed by atoms with E-state index >= 15 is 0 Å². The van der Waals surface area contributed by atoms with Gasteiger partial charge in [0.1, 0.15) is 5.82 Å². The van der Waals surface area contributed by atoms with Crippen molar-refractivity contribution in [3.63, 3.8) is 0 Å². The molecular formula is C23H22Cl2FN. The maximum atomic E-state index is 14.9. The highest BCUT2D eigenvalue weighted by Gasteiger charge is 2.20. The first-order valence-corrected chi connectivity index (χ1v) is 9.71. The van der Waals surface area contributed by atoms with E-state index in [0.29, 0.717) is 15.6 Å². The maximum Gasteiger partial charge on any atom is 0.131 e. The molecule has 0 spiro atoms. The lowest BCUT2D eigenvalue weighted by molar-refractivity contribution is 0.489. The first-order valence-electron chi connectivity index (χ1n) is 8.95. The fourth-order valence-corrected chi connectivity index (χ4v) is 3.64. The second-order valence-corrected chi connectivity index (χ2v) is 7.56. The minimum absolute atomic E-state index is 0.103. The van der Waals surface area contributed by atoms with Crippen LogP contribution in [0.25, 0.3) is 11.1 Å². The molecule has 3 rings (SSSR count). The van der Waals surface area contributed by atoms with Crippen molar-refractivity contribution in [2.45, 2.75) is 25.3 Å². The summed E-state index contributed by atoms with van der Waals surface area (Å²) in [6.45, 7) is 2.10. The number of hydrogen-bond acceptors (Lipinski definition) is 1. The molecule has 0 aliphatic rings. The van der Waals surface area contributed by atoms with Gasteiger partial charge in [-0.3, -0.25) is 0 Å². The Hall–Kier alpha value is -1.87. The highest BCUT2D eigenvalue weighted by Crippen LogP contribution is 2.31. The number of nitrogens with one attached hydrogen (secondary N) is 1. The second kappa shape index (κ2) is 8.88. The third-order valence-corrected chi connectivity index (χ3v) is 5.74. The quantitative estimate of drug-likeness (QED) is 0.482. The average Bonchev–Trinajstić information content (AvgIpc) is 2.68. The fraction of sp³-hybridized carbons (Fsp3) is 0.217. The Morgan fingerprint density at radius 1 is 0.926 bits per heavy atom. The lowest BCUT2D eigenvalue weighted by atomic mass is 9.85. The second-order valence-electron chi connectivity index (χ2n) is 6.74. The van der Waals surface area contributed by atoms with E-state index in [1.54, 1.807) is 12.1 Å². The van der Waals surface area contributed by atoms with Gasteiger partial charge in [-0.1, -0.05) is 71.7 Å². The van der Waals surface area contributed by atoms with Crippen molar-refractivity contribution in [1.29, 1.82) is 0 Å². The molecule has 0 saturated heterocycles. The van der Waals surface area contributed by atoms with Crippen LogP contribution < -0.4 is 5.32 Å². The summed E-state index contributed by atoms with van der Waals surface area (Å²) >= 11 is 12.2. The van der Waals surface area contributed by atoms with Gasteiger partial charge in [-0.05, 0) is 55.3 Å². The summed E-state index contributed by atoms with van der Waals surface area (Å²) in [5.41, 5.74) is 3.53. The third kappa shape index (κ3) is 4.70. The largest absolute Gasteiger partial charge is 0.317 e. The Balaban J connectivity index is 1.93. The van der Waals surface area contributed by atoms with Gasteiger partial charge in [0, 0.05) is 17.5 Å². The summed E-state index contributed by atoms with van der Waals surface area (Å²) in [7, 11) is 1.92. The first-order chi connectivity index (χ1) is 13.0. The van der Waals surface area contributed by atoms with E-state index in [1.807, 2.05) is 61.6 Å². The van der Waals surface area contributed by atoms with E-state index < -0.39 is 0 Å². The molecule has 0 aromatic heterocycles. The van der Waals surface area contributed by atoms with Gasteiger partial charge >= 0.3 is 0 Å². The van der Waals surface area contributed by atoms with Gasteiger partial charge in [0.2, 0.25) is 0 Å². The molecule has 1 N–H and O–H groups in total. The predicted molar refractivity (Wildman–Crippen MR) is 113 cm³/mol. The van der Waals surface area contributed by atoms with Crippen LogP contribution in [0.1, 0.15) is 24.0 Å². The van der Waals surface area contributed by atoms with Gasteiger partial charge in [0.15, 0.2) is 0 Å². The van der Waals surface area contributed by atoms with Crippen molar-refractivity contribution in [3.8, 4) is 11.1 Å². The van der Waals surface area contributed by atoms with Crippen LogP contribution in [0.5, 0.6) is 0 Å². The standard InChI is InChI=1S/C23H22Cl2FN/c1-15(27-2)20(12-16-8-11-21(24)22(25)13-16)18-9-10-19(23(26)14-18)17-6-4-3-5-7-17/h3-11,13-15,20,27H,12H2,1-2H3. The Kier molecular flexibility index (Phi) is 6.54. The van der Waals surface area contributed by atoms with E-state index in [2.05, 4.69) is 12.2 Å². The topological polar surface area (TPSA) is 12.0 Å². The van der Waals surface area contributed by atoms with Gasteiger partial charge in [-0.2, -0.15) is 0 Å². The van der Waals surface area contributed by atoms with Crippen molar-refractivity contribution in [3.05, 3.63) is 93.7 Å². The van der Waals surface area contributed by atoms with Crippen molar-refractivity contribution < 1.29 is 4.39 Å². The molecule has 0 radical (unpaired) electrons. The summed E-state index contributed by atoms with van der Waals surface area (Å²) in [4.78, 5) is 0. The SMILES string of the molecule is CNC(C)C(Cc1ccc(Cl)c(Cl)c1)c1ccc(-c2ccccc2)c(F)c1. The van der Waals surface area contributed by atoms with Crippen molar-refractivity contribution in [1.82, 2.24) is 5.32 Å². The van der Waals surface area contributed by atoms with E-state index in [1.165, 1.54) is 0 Å². The summed E-state index contributed by atoms with van der Waals surface area (Å²) in [6.07, 6.45) is 0.739. The van der Waals surface area contributed by atoms with E-state index in [9.17, 15) is 4.39 Å². The molecule has 1 nitrogen and oxygen atoms in total. The fourth-order valence-electron chi connectivity index (χ4n) is 3.32. The van der Waals surface area contributed by atoms with Gasteiger partial charge in [0.25, 0.3) is 0 Å². The lowest BCUT2D eigenvalue weighted by Crippen LogP contribution is -2.30. The summed E-state index contributed by atoms with van der Waals surface area (Å²) < 4.78 is 14.9. The number of likely N-dealkylation sites (N-methyl/N-ethyl adjacent to an activating group) is 1. The van der Waals surface area contributed by atoms with Crippen LogP contribution in [0.3, 0.4) is 0 Å². The molecule has 0 aliphatic carbocycles. The highest BCUT2D eigenvalue weighted by atomic mass is 35.5. The summed E-state index contributed by atoms with van der Waals surface area (Å²) in [6, 6.07) is 21.0. The Morgan fingerprint density at radius 2 is 1.67 bits per heavy atom. The molecular weight excluding hydrogens is 380 g/mol. The molecule has 140 valence electrons. The predicted octanol–water partition coefficient (Wildman–Crippen LogP) is 6.73. The molecule has 0 aliphatic heterocycles. The number of hydrogen-bond donors (Lipinski definition) is 1. The van der Waals surface area contributed by atoms with Crippen LogP contribution >= 0.6 is 23.2 Å². The van der Waals surface area contributed by atoms with E-state index in [-0.39, 0.29) is 17.8 Å². The van der Waals surface area contributed by atoms with E-state index in [0.717, 1.165) is 23.1 Å². The smallest absolute Gasteiger partial charge is 0.131 e. The van der Waals surface area contributed by atoms with Crippen LogP contribution in [0.4, 0.5) is 4.39 Å². The van der Waals surface area contributed by atoms with Gasteiger partial charge in [-0.25, -0.2) is 4.39 Å². The van der Waals surface area contributed by atoms with Gasteiger partial charge in [-0.15, -0.1) is 0 Å². The molecule has 4 heteroatoms. The molecule has 0 fully saturated rings. The Morgan fingerprint density at radius 3 is 2.30 bits per heavy atom. The number of benzene rings is 3. The monoisotopic (exact) mass is 401 g/mol. The minimum Gasteiger partial charge on any atom is -0.317 e. The lowest BCUT2D eigenvalue weighted by Gasteiger charge is -2.25. The third-order valence-electron chi connectivity index (χ3n) is 5.00. The first kappa shape index (κ1) is 19.9. The molecule has 3 aromatic rings. The highest BCUT2D eigenvalue weighted by molar-refractivity contribution is 6.42. The molecule has 0 bridgehead atoms. The Bertz CT molecular complexity index is 912. The van der Waals surface area contributed by atoms with E-state index in [4.69, 9.17) is 23.2 Å². The van der Waals surface area contributed by atoms with Crippen LogP contribution in [0, 0.1) is 5.82 Å². The van der Waals surface area contributed by atoms with Crippen LogP contribution in [-0.2, 0) is 6.42 Å². The molecule has 3 aromatic carbocycles. The normalized spacial score (nSPS) is 13.4. The van der Waals surface area contributed by atoms with Crippen molar-refractivity contribution in [2.75, 3.05) is 7.05 Å². The molecule has 0 saturated carbocycles. The van der Waals surface area contributed by atoms with Gasteiger partial charge in [0.05, 0.1) is 10.0 Å². The zero-order valence-electron chi connectivity index (χ0n) is 15.3. The molecule has 27 heavy (non-hydrogen) atoms.